The third-order valence-electron chi connectivity index (χ3n) is 3.00. The maximum Gasteiger partial charge on any atom is 0.265 e. The van der Waals surface area contributed by atoms with E-state index in [1.807, 2.05) is 30.1 Å². The number of ether oxygens (including phenoxy) is 1. The Kier molecular flexibility index (Phi) is 3.84. The van der Waals surface area contributed by atoms with Crippen molar-refractivity contribution in [1.29, 1.82) is 0 Å². The third-order valence-corrected chi connectivity index (χ3v) is 3.00. The summed E-state index contributed by atoms with van der Waals surface area (Å²) in [5.74, 6) is 0.591. The molecule has 1 amide bonds. The molecule has 1 heterocycles. The topological polar surface area (TPSA) is 61.8 Å². The molecule has 0 saturated heterocycles. The van der Waals surface area contributed by atoms with E-state index in [2.05, 4.69) is 5.32 Å². The van der Waals surface area contributed by atoms with Gasteiger partial charge in [-0.2, -0.15) is 0 Å². The van der Waals surface area contributed by atoms with Crippen LogP contribution < -0.4 is 10.1 Å². The van der Waals surface area contributed by atoms with Crippen molar-refractivity contribution in [2.24, 2.45) is 0 Å². The van der Waals surface area contributed by atoms with E-state index in [0.717, 1.165) is 24.2 Å². The number of hydrogen-bond acceptors (Lipinski definition) is 4. The highest BCUT2D eigenvalue weighted by Crippen LogP contribution is 2.30. The summed E-state index contributed by atoms with van der Waals surface area (Å²) in [7, 11) is 1.85. The molecule has 1 unspecified atom stereocenters. The van der Waals surface area contributed by atoms with Crippen molar-refractivity contribution in [3.05, 3.63) is 23.8 Å². The molecule has 0 saturated carbocycles. The van der Waals surface area contributed by atoms with E-state index in [1.54, 1.807) is 6.92 Å². The van der Waals surface area contributed by atoms with Gasteiger partial charge in [-0.25, -0.2) is 0 Å². The van der Waals surface area contributed by atoms with Crippen LogP contribution in [-0.4, -0.2) is 42.3 Å². The van der Waals surface area contributed by atoms with Gasteiger partial charge in [0.2, 0.25) is 0 Å². The molecule has 0 aromatic heterocycles. The number of amides is 1. The molecule has 18 heavy (non-hydrogen) atoms. The van der Waals surface area contributed by atoms with Gasteiger partial charge in [0.25, 0.3) is 5.91 Å². The summed E-state index contributed by atoms with van der Waals surface area (Å²) in [6.45, 7) is 2.53. The second-order valence-corrected chi connectivity index (χ2v) is 4.55. The lowest BCUT2D eigenvalue weighted by atomic mass is 10.1. The van der Waals surface area contributed by atoms with Gasteiger partial charge in [0.05, 0.1) is 12.4 Å². The lowest BCUT2D eigenvalue weighted by molar-refractivity contribution is -0.122. The highest BCUT2D eigenvalue weighted by Gasteiger charge is 2.23. The number of benzene rings is 1. The van der Waals surface area contributed by atoms with Gasteiger partial charge in [-0.3, -0.25) is 9.69 Å². The fraction of sp³-hybridized carbons (Fsp3) is 0.462. The van der Waals surface area contributed by atoms with Crippen LogP contribution in [0.5, 0.6) is 5.75 Å². The number of fused-ring (bicyclic) bond motifs is 1. The molecule has 1 atom stereocenters. The van der Waals surface area contributed by atoms with Gasteiger partial charge in [0, 0.05) is 6.54 Å². The summed E-state index contributed by atoms with van der Waals surface area (Å²) < 4.78 is 5.48. The highest BCUT2D eigenvalue weighted by atomic mass is 16.5. The monoisotopic (exact) mass is 250 g/mol. The molecule has 5 heteroatoms. The number of aliphatic hydroxyl groups excluding tert-OH is 1. The van der Waals surface area contributed by atoms with E-state index in [1.165, 1.54) is 0 Å². The van der Waals surface area contributed by atoms with Crippen LogP contribution >= 0.6 is 0 Å². The lowest BCUT2D eigenvalue weighted by Gasteiger charge is -2.24. The Morgan fingerprint density at radius 3 is 3.00 bits per heavy atom. The molecule has 98 valence electrons. The van der Waals surface area contributed by atoms with Gasteiger partial charge >= 0.3 is 0 Å². The van der Waals surface area contributed by atoms with Crippen molar-refractivity contribution in [3.63, 3.8) is 0 Å². The van der Waals surface area contributed by atoms with Crippen molar-refractivity contribution in [2.45, 2.75) is 19.4 Å². The van der Waals surface area contributed by atoms with E-state index in [4.69, 9.17) is 9.84 Å². The Balaban J connectivity index is 2.08. The fourth-order valence-electron chi connectivity index (χ4n) is 1.80. The number of likely N-dealkylation sites (N-methyl/N-ethyl adjacent to an activating group) is 1. The van der Waals surface area contributed by atoms with Crippen molar-refractivity contribution in [3.8, 4) is 5.75 Å². The van der Waals surface area contributed by atoms with Crippen molar-refractivity contribution < 1.29 is 14.6 Å². The zero-order chi connectivity index (χ0) is 13.1. The van der Waals surface area contributed by atoms with Gasteiger partial charge in [0.15, 0.2) is 6.10 Å². The summed E-state index contributed by atoms with van der Waals surface area (Å²) >= 11 is 0. The number of aliphatic hydroxyl groups is 1. The maximum atomic E-state index is 11.5. The summed E-state index contributed by atoms with van der Waals surface area (Å²) in [6, 6.07) is 5.78. The van der Waals surface area contributed by atoms with Gasteiger partial charge in [-0.15, -0.1) is 0 Å². The van der Waals surface area contributed by atoms with Crippen molar-refractivity contribution in [2.75, 3.05) is 25.6 Å². The summed E-state index contributed by atoms with van der Waals surface area (Å²) in [5.41, 5.74) is 1.83. The number of nitrogens with one attached hydrogen (secondary N) is 1. The Morgan fingerprint density at radius 1 is 1.50 bits per heavy atom. The Hall–Kier alpha value is -1.59. The van der Waals surface area contributed by atoms with Crippen LogP contribution in [-0.2, 0) is 11.2 Å². The molecule has 1 aliphatic rings. The van der Waals surface area contributed by atoms with Gasteiger partial charge in [-0.05, 0) is 38.1 Å². The maximum absolute atomic E-state index is 11.5. The lowest BCUT2D eigenvalue weighted by Crippen LogP contribution is -2.34. The molecule has 1 aromatic rings. The van der Waals surface area contributed by atoms with Crippen LogP contribution in [0, 0.1) is 0 Å². The molecule has 0 bridgehead atoms. The molecular weight excluding hydrogens is 232 g/mol. The SMILES string of the molecule is CC1Oc2ccc(CCN(C)CO)cc2NC1=O. The summed E-state index contributed by atoms with van der Waals surface area (Å²) in [4.78, 5) is 13.3. The van der Waals surface area contributed by atoms with Crippen molar-refractivity contribution >= 4 is 11.6 Å². The number of hydrogen-bond donors (Lipinski definition) is 2. The molecule has 2 rings (SSSR count). The van der Waals surface area contributed by atoms with Crippen LogP contribution in [0.1, 0.15) is 12.5 Å². The number of rotatable bonds is 4. The number of carbonyl (C=O) groups excluding carboxylic acids is 1. The van der Waals surface area contributed by atoms with E-state index in [-0.39, 0.29) is 12.6 Å². The molecule has 1 aliphatic heterocycles. The van der Waals surface area contributed by atoms with Gasteiger partial charge in [-0.1, -0.05) is 6.07 Å². The molecule has 0 spiro atoms. The van der Waals surface area contributed by atoms with Crippen LogP contribution in [0.25, 0.3) is 0 Å². The zero-order valence-electron chi connectivity index (χ0n) is 10.6. The van der Waals surface area contributed by atoms with Gasteiger partial charge in [0.1, 0.15) is 5.75 Å². The largest absolute Gasteiger partial charge is 0.479 e. The second kappa shape index (κ2) is 5.37. The van der Waals surface area contributed by atoms with Crippen molar-refractivity contribution in [1.82, 2.24) is 4.90 Å². The van der Waals surface area contributed by atoms with Crippen LogP contribution in [0.2, 0.25) is 0 Å². The molecule has 0 aliphatic carbocycles. The summed E-state index contributed by atoms with van der Waals surface area (Å²) in [6.07, 6.45) is 0.374. The van der Waals surface area contributed by atoms with Crippen LogP contribution in [0.4, 0.5) is 5.69 Å². The molecule has 5 nitrogen and oxygen atoms in total. The van der Waals surface area contributed by atoms with E-state index >= 15 is 0 Å². The van der Waals surface area contributed by atoms with E-state index in [0.29, 0.717) is 5.75 Å². The standard InChI is InChI=1S/C13H18N2O3/c1-9-13(17)14-11-7-10(3-4-12(11)18-9)5-6-15(2)8-16/h3-4,7,9,16H,5-6,8H2,1-2H3,(H,14,17). The van der Waals surface area contributed by atoms with E-state index < -0.39 is 6.10 Å². The molecule has 2 N–H and O–H groups in total. The minimum absolute atomic E-state index is 0.0440. The zero-order valence-corrected chi connectivity index (χ0v) is 10.6. The Labute approximate surface area is 106 Å². The fourth-order valence-corrected chi connectivity index (χ4v) is 1.80. The number of carbonyl (C=O) groups is 1. The van der Waals surface area contributed by atoms with E-state index in [9.17, 15) is 4.79 Å². The first kappa shape index (κ1) is 12.9. The predicted octanol–water partition coefficient (Wildman–Crippen LogP) is 0.830. The average molecular weight is 250 g/mol. The third kappa shape index (κ3) is 2.80. The minimum Gasteiger partial charge on any atom is -0.479 e. The smallest absolute Gasteiger partial charge is 0.265 e. The van der Waals surface area contributed by atoms with Gasteiger partial charge < -0.3 is 15.2 Å². The number of anilines is 1. The quantitative estimate of drug-likeness (QED) is 0.777. The molecule has 0 fully saturated rings. The first-order valence-electron chi connectivity index (χ1n) is 6.00. The molecule has 1 aromatic carbocycles. The Bertz CT molecular complexity index is 448. The molecular formula is C13H18N2O3. The van der Waals surface area contributed by atoms with Crippen LogP contribution in [0.3, 0.4) is 0 Å². The second-order valence-electron chi connectivity index (χ2n) is 4.55. The van der Waals surface area contributed by atoms with Crippen LogP contribution in [0.15, 0.2) is 18.2 Å². The normalized spacial score (nSPS) is 18.2. The molecule has 0 radical (unpaired) electrons. The Morgan fingerprint density at radius 2 is 2.28 bits per heavy atom. The first-order chi connectivity index (χ1) is 8.60. The minimum atomic E-state index is -0.441. The predicted molar refractivity (Wildman–Crippen MR) is 68.6 cm³/mol. The number of nitrogens with zero attached hydrogens (tertiary/aromatic N) is 1. The average Bonchev–Trinajstić information content (AvgIpc) is 2.37. The first-order valence-corrected chi connectivity index (χ1v) is 6.00. The summed E-state index contributed by atoms with van der Waals surface area (Å²) in [5, 5.41) is 11.7. The highest BCUT2D eigenvalue weighted by molar-refractivity contribution is 5.97.